The van der Waals surface area contributed by atoms with Crippen molar-refractivity contribution in [1.82, 2.24) is 24.6 Å². The lowest BCUT2D eigenvalue weighted by Gasteiger charge is -2.37. The van der Waals surface area contributed by atoms with E-state index in [-0.39, 0.29) is 6.04 Å². The zero-order chi connectivity index (χ0) is 16.4. The minimum atomic E-state index is 0.00878. The molecule has 0 spiro atoms. The zero-order valence-electron chi connectivity index (χ0n) is 14.7. The van der Waals surface area contributed by atoms with Crippen LogP contribution in [0.25, 0.3) is 0 Å². The molecule has 2 aliphatic heterocycles. The van der Waals surface area contributed by atoms with Crippen molar-refractivity contribution >= 4 is 5.91 Å². The van der Waals surface area contributed by atoms with Gasteiger partial charge in [0.25, 0.3) is 0 Å². The third-order valence-electron chi connectivity index (χ3n) is 5.27. The molecule has 2 aliphatic rings. The smallest absolute Gasteiger partial charge is 0.239 e. The quantitative estimate of drug-likeness (QED) is 0.846. The van der Waals surface area contributed by atoms with E-state index in [1.54, 1.807) is 0 Å². The Morgan fingerprint density at radius 1 is 1.22 bits per heavy atom. The second-order valence-electron chi connectivity index (χ2n) is 7.10. The maximum absolute atomic E-state index is 12.6. The highest BCUT2D eigenvalue weighted by Crippen LogP contribution is 2.22. The summed E-state index contributed by atoms with van der Waals surface area (Å²) in [7, 11) is 0. The van der Waals surface area contributed by atoms with Crippen LogP contribution >= 0.6 is 0 Å². The van der Waals surface area contributed by atoms with E-state index in [9.17, 15) is 4.79 Å². The fourth-order valence-electron chi connectivity index (χ4n) is 3.93. The number of hydrogen-bond acceptors (Lipinski definition) is 4. The summed E-state index contributed by atoms with van der Waals surface area (Å²) in [5.74, 6) is 2.70. The van der Waals surface area contributed by atoms with Gasteiger partial charge in [0.1, 0.15) is 11.6 Å². The Kier molecular flexibility index (Phi) is 4.99. The van der Waals surface area contributed by atoms with Crippen molar-refractivity contribution in [3.63, 3.8) is 0 Å². The lowest BCUT2D eigenvalue weighted by Crippen LogP contribution is -2.50. The Balaban J connectivity index is 1.59. The fourth-order valence-corrected chi connectivity index (χ4v) is 3.93. The van der Waals surface area contributed by atoms with Gasteiger partial charge in [-0.25, -0.2) is 9.67 Å². The molecule has 128 valence electrons. The van der Waals surface area contributed by atoms with E-state index in [2.05, 4.69) is 21.9 Å². The van der Waals surface area contributed by atoms with Crippen LogP contribution in [0.3, 0.4) is 0 Å². The van der Waals surface area contributed by atoms with Gasteiger partial charge in [-0.1, -0.05) is 0 Å². The van der Waals surface area contributed by atoms with Crippen molar-refractivity contribution < 1.29 is 4.79 Å². The van der Waals surface area contributed by atoms with Gasteiger partial charge in [-0.2, -0.15) is 5.10 Å². The summed E-state index contributed by atoms with van der Waals surface area (Å²) < 4.78 is 2.02. The van der Waals surface area contributed by atoms with Crippen molar-refractivity contribution in [1.29, 1.82) is 0 Å². The maximum atomic E-state index is 12.6. The molecule has 0 N–H and O–H groups in total. The topological polar surface area (TPSA) is 54.3 Å². The Labute approximate surface area is 138 Å². The van der Waals surface area contributed by atoms with Crippen LogP contribution in [0, 0.1) is 19.8 Å². The van der Waals surface area contributed by atoms with Crippen LogP contribution < -0.4 is 0 Å². The summed E-state index contributed by atoms with van der Waals surface area (Å²) in [6.45, 7) is 10.8. The van der Waals surface area contributed by atoms with Crippen LogP contribution in [0.15, 0.2) is 0 Å². The number of carbonyl (C=O) groups excluding carboxylic acids is 1. The van der Waals surface area contributed by atoms with E-state index in [0.717, 1.165) is 63.6 Å². The first kappa shape index (κ1) is 16.4. The van der Waals surface area contributed by atoms with Crippen molar-refractivity contribution in [2.24, 2.45) is 5.92 Å². The van der Waals surface area contributed by atoms with E-state index in [1.165, 1.54) is 6.42 Å². The summed E-state index contributed by atoms with van der Waals surface area (Å²) >= 11 is 0. The number of aryl methyl sites for hydroxylation is 2. The number of carbonyl (C=O) groups is 1. The number of piperidine rings is 1. The second kappa shape index (κ2) is 6.99. The van der Waals surface area contributed by atoms with Crippen LogP contribution in [-0.4, -0.2) is 62.7 Å². The first-order valence-corrected chi connectivity index (χ1v) is 8.95. The van der Waals surface area contributed by atoms with Gasteiger partial charge in [0.15, 0.2) is 0 Å². The summed E-state index contributed by atoms with van der Waals surface area (Å²) in [4.78, 5) is 21.4. The Morgan fingerprint density at radius 3 is 2.61 bits per heavy atom. The summed E-state index contributed by atoms with van der Waals surface area (Å²) in [5, 5.41) is 4.48. The molecule has 3 rings (SSSR count). The normalized spacial score (nSPS) is 24.1. The van der Waals surface area contributed by atoms with Gasteiger partial charge >= 0.3 is 0 Å². The van der Waals surface area contributed by atoms with Crippen LogP contribution in [0.5, 0.6) is 0 Å². The minimum absolute atomic E-state index is 0.00878. The van der Waals surface area contributed by atoms with Gasteiger partial charge in [-0.15, -0.1) is 0 Å². The monoisotopic (exact) mass is 319 g/mol. The molecule has 0 aliphatic carbocycles. The van der Waals surface area contributed by atoms with Crippen molar-refractivity contribution in [2.75, 3.05) is 26.2 Å². The van der Waals surface area contributed by atoms with Crippen molar-refractivity contribution in [2.45, 2.75) is 59.0 Å². The summed E-state index contributed by atoms with van der Waals surface area (Å²) in [5.41, 5.74) is 0. The van der Waals surface area contributed by atoms with Gasteiger partial charge in [-0.05, 0) is 58.9 Å². The third kappa shape index (κ3) is 3.74. The molecule has 0 unspecified atom stereocenters. The van der Waals surface area contributed by atoms with Gasteiger partial charge in [0.2, 0.25) is 5.91 Å². The molecule has 2 fully saturated rings. The van der Waals surface area contributed by atoms with E-state index < -0.39 is 0 Å². The van der Waals surface area contributed by atoms with Crippen LogP contribution in [-0.2, 0) is 11.3 Å². The molecular weight excluding hydrogens is 290 g/mol. The van der Waals surface area contributed by atoms with E-state index in [1.807, 2.05) is 23.4 Å². The van der Waals surface area contributed by atoms with Crippen LogP contribution in [0.1, 0.15) is 44.3 Å². The number of rotatable bonds is 4. The highest BCUT2D eigenvalue weighted by atomic mass is 16.2. The second-order valence-corrected chi connectivity index (χ2v) is 7.10. The summed E-state index contributed by atoms with van der Waals surface area (Å²) in [6, 6.07) is 0.00878. The minimum Gasteiger partial charge on any atom is -0.341 e. The molecule has 1 aromatic rings. The number of aromatic nitrogens is 3. The number of nitrogens with zero attached hydrogens (tertiary/aromatic N) is 5. The first-order chi connectivity index (χ1) is 11.0. The van der Waals surface area contributed by atoms with Gasteiger partial charge in [0.05, 0.1) is 6.04 Å². The molecule has 0 radical (unpaired) electrons. The molecule has 1 amide bonds. The lowest BCUT2D eigenvalue weighted by atomic mass is 9.96. The average molecular weight is 319 g/mol. The van der Waals surface area contributed by atoms with Gasteiger partial charge in [-0.3, -0.25) is 9.69 Å². The predicted octanol–water partition coefficient (Wildman–Crippen LogP) is 1.62. The van der Waals surface area contributed by atoms with Gasteiger partial charge < -0.3 is 4.90 Å². The zero-order valence-corrected chi connectivity index (χ0v) is 14.7. The predicted molar refractivity (Wildman–Crippen MR) is 89.1 cm³/mol. The molecule has 6 nitrogen and oxygen atoms in total. The Hall–Kier alpha value is -1.43. The van der Waals surface area contributed by atoms with Crippen molar-refractivity contribution in [3.05, 3.63) is 11.6 Å². The summed E-state index contributed by atoms with van der Waals surface area (Å²) in [6.07, 6.45) is 4.69. The first-order valence-electron chi connectivity index (χ1n) is 8.95. The molecule has 6 heteroatoms. The molecular formula is C17H29N5O. The average Bonchev–Trinajstić information content (AvgIpc) is 3.16. The maximum Gasteiger partial charge on any atom is 0.239 e. The standard InChI is InChI=1S/C17H29N5O/c1-13(17(23)20-8-4-5-9-20)21-10-6-7-16(11-21)12-22-15(3)18-14(2)19-22/h13,16H,4-12H2,1-3H3/t13-,16-/m0/s1. The Morgan fingerprint density at radius 2 is 1.96 bits per heavy atom. The SMILES string of the molecule is Cc1nc(C)n(C[C@H]2CCCN([C@@H](C)C(=O)N3CCCC3)C2)n1. The molecule has 2 atom stereocenters. The fraction of sp³-hybridized carbons (Fsp3) is 0.824. The van der Waals surface area contributed by atoms with Crippen LogP contribution in [0.4, 0.5) is 0 Å². The van der Waals surface area contributed by atoms with Crippen LogP contribution in [0.2, 0.25) is 0 Å². The molecule has 0 saturated carbocycles. The number of likely N-dealkylation sites (tertiary alicyclic amines) is 2. The van der Waals surface area contributed by atoms with Crippen molar-refractivity contribution in [3.8, 4) is 0 Å². The molecule has 23 heavy (non-hydrogen) atoms. The lowest BCUT2D eigenvalue weighted by molar-refractivity contribution is -0.136. The largest absolute Gasteiger partial charge is 0.341 e. The molecule has 0 bridgehead atoms. The van der Waals surface area contributed by atoms with E-state index >= 15 is 0 Å². The Bertz CT molecular complexity index is 549. The number of hydrogen-bond donors (Lipinski definition) is 0. The van der Waals surface area contributed by atoms with Gasteiger partial charge in [0, 0.05) is 26.2 Å². The number of amides is 1. The molecule has 3 heterocycles. The highest BCUT2D eigenvalue weighted by molar-refractivity contribution is 5.81. The highest BCUT2D eigenvalue weighted by Gasteiger charge is 2.31. The molecule has 1 aromatic heterocycles. The molecule has 2 saturated heterocycles. The molecule has 0 aromatic carbocycles. The van der Waals surface area contributed by atoms with E-state index in [4.69, 9.17) is 0 Å². The van der Waals surface area contributed by atoms with E-state index in [0.29, 0.717) is 11.8 Å². The third-order valence-corrected chi connectivity index (χ3v) is 5.27.